The molecule has 6 fully saturated rings. The lowest BCUT2D eigenvalue weighted by Gasteiger charge is -2.59. The van der Waals surface area contributed by atoms with E-state index in [0.717, 1.165) is 32.1 Å². The van der Waals surface area contributed by atoms with Gasteiger partial charge in [0.25, 0.3) is 5.91 Å². The van der Waals surface area contributed by atoms with E-state index in [0.29, 0.717) is 42.4 Å². The molecule has 7 rings (SSSR count). The van der Waals surface area contributed by atoms with Crippen molar-refractivity contribution in [2.45, 2.75) is 94.7 Å². The van der Waals surface area contributed by atoms with Gasteiger partial charge in [-0.1, -0.05) is 12.2 Å². The van der Waals surface area contributed by atoms with E-state index in [-0.39, 0.29) is 29.9 Å². The Kier molecular flexibility index (Phi) is 4.56. The Morgan fingerprint density at radius 1 is 1.06 bits per heavy atom. The third-order valence-corrected chi connectivity index (χ3v) is 9.84. The fourth-order valence-electron chi connectivity index (χ4n) is 8.94. The van der Waals surface area contributed by atoms with E-state index in [1.807, 2.05) is 11.8 Å². The average molecular weight is 442 g/mol. The number of urea groups is 1. The van der Waals surface area contributed by atoms with E-state index in [9.17, 15) is 14.4 Å². The minimum atomic E-state index is -0.918. The molecule has 2 N–H and O–H groups in total. The first kappa shape index (κ1) is 20.7. The van der Waals surface area contributed by atoms with Crippen LogP contribution in [0.25, 0.3) is 0 Å². The maximum absolute atomic E-state index is 14.2. The number of nitrogens with one attached hydrogen (secondary N) is 1. The molecule has 4 amide bonds. The van der Waals surface area contributed by atoms with Crippen LogP contribution in [0, 0.1) is 29.6 Å². The molecule has 0 aromatic rings. The molecule has 1 heterocycles. The summed E-state index contributed by atoms with van der Waals surface area (Å²) >= 11 is 0. The minimum absolute atomic E-state index is 0.0411. The van der Waals surface area contributed by atoms with Gasteiger partial charge in [0.15, 0.2) is 0 Å². The zero-order valence-corrected chi connectivity index (χ0v) is 19.0. The normalized spacial score (nSPS) is 46.1. The van der Waals surface area contributed by atoms with Crippen LogP contribution in [-0.2, 0) is 9.59 Å². The molecule has 0 radical (unpaired) electrons. The molecule has 1 aliphatic heterocycles. The number of hydrogen-bond acceptors (Lipinski definition) is 4. The highest BCUT2D eigenvalue weighted by Gasteiger charge is 2.65. The third-order valence-electron chi connectivity index (χ3n) is 9.84. The zero-order chi connectivity index (χ0) is 22.3. The Morgan fingerprint density at radius 2 is 1.72 bits per heavy atom. The van der Waals surface area contributed by atoms with Crippen molar-refractivity contribution in [1.29, 1.82) is 0 Å². The summed E-state index contributed by atoms with van der Waals surface area (Å²) in [6, 6.07) is -0.00552. The molecule has 1 saturated heterocycles. The molecule has 7 nitrogen and oxygen atoms in total. The summed E-state index contributed by atoms with van der Waals surface area (Å²) in [5, 5.41) is 8.87. The number of nitrogens with zero attached hydrogens (tertiary/aromatic N) is 2. The van der Waals surface area contributed by atoms with Crippen LogP contribution in [-0.4, -0.2) is 50.0 Å². The van der Waals surface area contributed by atoms with Crippen molar-refractivity contribution in [1.82, 2.24) is 15.3 Å². The molecule has 0 aromatic heterocycles. The first-order valence-corrected chi connectivity index (χ1v) is 12.6. The molecule has 6 aliphatic carbocycles. The van der Waals surface area contributed by atoms with E-state index < -0.39 is 11.4 Å². The second kappa shape index (κ2) is 7.05. The van der Waals surface area contributed by atoms with Crippen LogP contribution in [0.4, 0.5) is 4.79 Å². The number of fused-ring (bicyclic) bond motifs is 2. The molecule has 174 valence electrons. The van der Waals surface area contributed by atoms with Gasteiger partial charge in [0.05, 0.1) is 5.54 Å². The Morgan fingerprint density at radius 3 is 2.25 bits per heavy atom. The van der Waals surface area contributed by atoms with Gasteiger partial charge < -0.3 is 4.90 Å². The maximum atomic E-state index is 14.2. The van der Waals surface area contributed by atoms with Gasteiger partial charge in [0.1, 0.15) is 5.54 Å². The highest BCUT2D eigenvalue weighted by atomic mass is 16.5. The van der Waals surface area contributed by atoms with Crippen molar-refractivity contribution in [3.05, 3.63) is 12.2 Å². The topological polar surface area (TPSA) is 90.0 Å². The molecule has 0 aromatic carbocycles. The summed E-state index contributed by atoms with van der Waals surface area (Å²) in [4.78, 5) is 43.6. The largest absolute Gasteiger partial charge is 0.328 e. The van der Waals surface area contributed by atoms with Crippen molar-refractivity contribution < 1.29 is 19.6 Å². The summed E-state index contributed by atoms with van der Waals surface area (Å²) in [5.41, 5.74) is 0.471. The fraction of sp³-hybridized carbons (Fsp3) is 0.800. The number of carbonyl (C=O) groups is 3. The second-order valence-electron chi connectivity index (χ2n) is 11.9. The predicted molar refractivity (Wildman–Crippen MR) is 116 cm³/mol. The van der Waals surface area contributed by atoms with E-state index in [2.05, 4.69) is 12.2 Å². The SMILES string of the molecule is CC1(CCCC(=O)NO)C(=O)N(C23CC4CC(CC(C4)C2)C3)C(=O)N1C1CC2C=CC1C2. The van der Waals surface area contributed by atoms with Gasteiger partial charge in [0, 0.05) is 12.5 Å². The van der Waals surface area contributed by atoms with Crippen LogP contribution >= 0.6 is 0 Å². The molecule has 4 unspecified atom stereocenters. The number of imide groups is 1. The van der Waals surface area contributed by atoms with E-state index in [4.69, 9.17) is 5.21 Å². The summed E-state index contributed by atoms with van der Waals surface area (Å²) in [6.45, 7) is 1.93. The van der Waals surface area contributed by atoms with Crippen molar-refractivity contribution in [3.63, 3.8) is 0 Å². The Hall–Kier alpha value is -1.89. The lowest BCUT2D eigenvalue weighted by molar-refractivity contribution is -0.145. The van der Waals surface area contributed by atoms with Crippen LogP contribution in [0.3, 0.4) is 0 Å². The molecule has 32 heavy (non-hydrogen) atoms. The molecule has 7 heteroatoms. The second-order valence-corrected chi connectivity index (χ2v) is 11.9. The number of rotatable bonds is 6. The minimum Gasteiger partial charge on any atom is -0.306 e. The number of amides is 4. The maximum Gasteiger partial charge on any atom is 0.328 e. The summed E-state index contributed by atoms with van der Waals surface area (Å²) in [6.07, 6.45) is 14.3. The van der Waals surface area contributed by atoms with Gasteiger partial charge in [-0.2, -0.15) is 0 Å². The third kappa shape index (κ3) is 2.85. The smallest absolute Gasteiger partial charge is 0.306 e. The highest BCUT2D eigenvalue weighted by Crippen LogP contribution is 2.60. The zero-order valence-electron chi connectivity index (χ0n) is 19.0. The highest BCUT2D eigenvalue weighted by molar-refractivity contribution is 6.08. The van der Waals surface area contributed by atoms with Crippen LogP contribution in [0.2, 0.25) is 0 Å². The lowest BCUT2D eigenvalue weighted by atomic mass is 9.52. The van der Waals surface area contributed by atoms with Crippen LogP contribution in [0.15, 0.2) is 12.2 Å². The van der Waals surface area contributed by atoms with Crippen LogP contribution in [0.1, 0.15) is 77.6 Å². The van der Waals surface area contributed by atoms with Crippen LogP contribution in [0.5, 0.6) is 0 Å². The van der Waals surface area contributed by atoms with Gasteiger partial charge in [-0.3, -0.25) is 19.7 Å². The predicted octanol–water partition coefficient (Wildman–Crippen LogP) is 3.62. The standard InChI is InChI=1S/C25H35N3O4/c1-24(6-2-3-21(29)26-32)22(30)28(23(31)27(24)20-11-15-4-5-19(20)10-15)25-12-16-7-17(13-25)9-18(8-16)14-25/h4-5,15-20,32H,2-3,6-14H2,1H3,(H,26,29). The molecular weight excluding hydrogens is 406 g/mol. The molecule has 4 atom stereocenters. The van der Waals surface area contributed by atoms with Gasteiger partial charge in [-0.25, -0.2) is 10.3 Å². The lowest BCUT2D eigenvalue weighted by Crippen LogP contribution is -2.62. The Balaban J connectivity index is 1.34. The van der Waals surface area contributed by atoms with E-state index >= 15 is 0 Å². The summed E-state index contributed by atoms with van der Waals surface area (Å²) in [7, 11) is 0. The Labute approximate surface area is 189 Å². The van der Waals surface area contributed by atoms with Crippen molar-refractivity contribution in [2.24, 2.45) is 29.6 Å². The molecule has 6 bridgehead atoms. The molecule has 7 aliphatic rings. The van der Waals surface area contributed by atoms with Gasteiger partial charge >= 0.3 is 6.03 Å². The first-order valence-electron chi connectivity index (χ1n) is 12.6. The van der Waals surface area contributed by atoms with Crippen molar-refractivity contribution >= 4 is 17.8 Å². The Bertz CT molecular complexity index is 849. The van der Waals surface area contributed by atoms with Gasteiger partial charge in [-0.05, 0) is 101 Å². The average Bonchev–Trinajstić information content (AvgIpc) is 3.40. The van der Waals surface area contributed by atoms with Gasteiger partial charge in [0.2, 0.25) is 5.91 Å². The van der Waals surface area contributed by atoms with E-state index in [1.54, 1.807) is 10.4 Å². The number of carbonyl (C=O) groups excluding carboxylic acids is 3. The van der Waals surface area contributed by atoms with Crippen LogP contribution < -0.4 is 5.48 Å². The number of allylic oxidation sites excluding steroid dienone is 1. The van der Waals surface area contributed by atoms with Crippen molar-refractivity contribution in [3.8, 4) is 0 Å². The number of hydrogen-bond donors (Lipinski definition) is 2. The monoisotopic (exact) mass is 441 g/mol. The van der Waals surface area contributed by atoms with Crippen molar-refractivity contribution in [2.75, 3.05) is 0 Å². The summed E-state index contributed by atoms with van der Waals surface area (Å²) in [5.74, 6) is 2.31. The quantitative estimate of drug-likeness (QED) is 0.285. The number of hydroxylamine groups is 1. The fourth-order valence-corrected chi connectivity index (χ4v) is 8.94. The summed E-state index contributed by atoms with van der Waals surface area (Å²) < 4.78 is 0. The first-order chi connectivity index (χ1) is 15.3. The van der Waals surface area contributed by atoms with Gasteiger partial charge in [-0.15, -0.1) is 0 Å². The molecule has 0 spiro atoms. The molecular formula is C25H35N3O4. The molecule has 5 saturated carbocycles. The van der Waals surface area contributed by atoms with E-state index in [1.165, 1.54) is 19.3 Å².